The van der Waals surface area contributed by atoms with Crippen molar-refractivity contribution in [1.29, 1.82) is 0 Å². The summed E-state index contributed by atoms with van der Waals surface area (Å²) >= 11 is 0. The third-order valence-corrected chi connectivity index (χ3v) is 5.03. The number of carbonyl (C=O) groups excluding carboxylic acids is 1. The third-order valence-electron chi connectivity index (χ3n) is 5.03. The van der Waals surface area contributed by atoms with E-state index in [2.05, 4.69) is 10.1 Å². The van der Waals surface area contributed by atoms with Crippen molar-refractivity contribution in [2.45, 2.75) is 26.4 Å². The molecule has 0 spiro atoms. The number of amides is 1. The fourth-order valence-corrected chi connectivity index (χ4v) is 3.44. The zero-order chi connectivity index (χ0) is 23.6. The molecule has 0 unspecified atom stereocenters. The number of carbonyl (C=O) groups is 1. The summed E-state index contributed by atoms with van der Waals surface area (Å²) in [5.41, 5.74) is 0.0979. The van der Waals surface area contributed by atoms with Crippen molar-refractivity contribution >= 4 is 5.91 Å². The lowest BCUT2D eigenvalue weighted by Gasteiger charge is -2.24. The fraction of sp³-hybridized carbons (Fsp3) is 0.348. The summed E-state index contributed by atoms with van der Waals surface area (Å²) < 4.78 is 54.4. The maximum atomic E-state index is 12.9. The molecular weight excluding hydrogens is 439 g/mol. The molecule has 10 heteroatoms. The first-order chi connectivity index (χ1) is 15.7. The normalized spacial score (nSPS) is 12.9. The molecule has 0 atom stereocenters. The number of benzene rings is 2. The summed E-state index contributed by atoms with van der Waals surface area (Å²) in [6, 6.07) is 9.54. The van der Waals surface area contributed by atoms with Gasteiger partial charge < -0.3 is 18.9 Å². The lowest BCUT2D eigenvalue weighted by Crippen LogP contribution is -2.36. The van der Waals surface area contributed by atoms with E-state index in [1.807, 2.05) is 13.8 Å². The highest BCUT2D eigenvalue weighted by Gasteiger charge is 2.30. The van der Waals surface area contributed by atoms with E-state index in [1.165, 1.54) is 12.1 Å². The quantitative estimate of drug-likeness (QED) is 0.502. The number of nitrogens with zero attached hydrogens (tertiary/aromatic N) is 3. The van der Waals surface area contributed by atoms with Gasteiger partial charge in [-0.15, -0.1) is 0 Å². The highest BCUT2D eigenvalue weighted by Crippen LogP contribution is 2.35. The first-order valence-corrected chi connectivity index (χ1v) is 10.4. The standard InChI is InChI=1S/C23H22F3N3O4/c1-14(2)12-29(22(30)15-3-6-17(7-4-15)23(24,25)26)10-9-20-27-21(28-33-20)16-5-8-18-19(11-16)32-13-31-18/h3-8,11,14H,9-10,12-13H2,1-2H3. The fourth-order valence-electron chi connectivity index (χ4n) is 3.44. The van der Waals surface area contributed by atoms with E-state index in [4.69, 9.17) is 14.0 Å². The van der Waals surface area contributed by atoms with Crippen LogP contribution < -0.4 is 9.47 Å². The summed E-state index contributed by atoms with van der Waals surface area (Å²) in [5, 5.41) is 3.99. The van der Waals surface area contributed by atoms with Crippen molar-refractivity contribution in [3.8, 4) is 22.9 Å². The molecule has 0 saturated heterocycles. The molecule has 0 aliphatic carbocycles. The van der Waals surface area contributed by atoms with E-state index in [0.717, 1.165) is 12.1 Å². The van der Waals surface area contributed by atoms with Gasteiger partial charge in [-0.1, -0.05) is 19.0 Å². The van der Waals surface area contributed by atoms with Crippen LogP contribution in [0.3, 0.4) is 0 Å². The van der Waals surface area contributed by atoms with Crippen LogP contribution in [-0.2, 0) is 12.6 Å². The lowest BCUT2D eigenvalue weighted by molar-refractivity contribution is -0.137. The van der Waals surface area contributed by atoms with Gasteiger partial charge in [0.2, 0.25) is 18.5 Å². The van der Waals surface area contributed by atoms with Gasteiger partial charge in [0.05, 0.1) is 5.56 Å². The molecule has 7 nitrogen and oxygen atoms in total. The van der Waals surface area contributed by atoms with Crippen LogP contribution in [0.2, 0.25) is 0 Å². The molecule has 0 N–H and O–H groups in total. The molecule has 0 saturated carbocycles. The predicted molar refractivity (Wildman–Crippen MR) is 112 cm³/mol. The minimum Gasteiger partial charge on any atom is -0.454 e. The minimum absolute atomic E-state index is 0.162. The Morgan fingerprint density at radius 2 is 1.82 bits per heavy atom. The summed E-state index contributed by atoms with van der Waals surface area (Å²) in [7, 11) is 0. The molecule has 0 bridgehead atoms. The Labute approximate surface area is 188 Å². The van der Waals surface area contributed by atoms with Crippen molar-refractivity contribution in [2.75, 3.05) is 19.9 Å². The molecule has 4 rings (SSSR count). The van der Waals surface area contributed by atoms with E-state index in [1.54, 1.807) is 23.1 Å². The molecule has 2 aromatic carbocycles. The SMILES string of the molecule is CC(C)CN(CCc1nc(-c2ccc3c(c2)OCO3)no1)C(=O)c1ccc(C(F)(F)F)cc1. The maximum absolute atomic E-state index is 12.9. The van der Waals surface area contributed by atoms with Crippen molar-refractivity contribution in [3.63, 3.8) is 0 Å². The van der Waals surface area contributed by atoms with Crippen molar-refractivity contribution in [1.82, 2.24) is 15.0 Å². The topological polar surface area (TPSA) is 77.7 Å². The van der Waals surface area contributed by atoms with Gasteiger partial charge in [0.15, 0.2) is 11.5 Å². The monoisotopic (exact) mass is 461 g/mol. The van der Waals surface area contributed by atoms with E-state index >= 15 is 0 Å². The van der Waals surface area contributed by atoms with Crippen LogP contribution in [-0.4, -0.2) is 40.8 Å². The largest absolute Gasteiger partial charge is 0.454 e. The number of hydrogen-bond donors (Lipinski definition) is 0. The number of rotatable bonds is 7. The van der Waals surface area contributed by atoms with Crippen LogP contribution in [0.25, 0.3) is 11.4 Å². The van der Waals surface area contributed by atoms with Crippen LogP contribution in [0.5, 0.6) is 11.5 Å². The van der Waals surface area contributed by atoms with Gasteiger partial charge in [-0.25, -0.2) is 0 Å². The molecule has 33 heavy (non-hydrogen) atoms. The first kappa shape index (κ1) is 22.6. The molecule has 3 aromatic rings. The van der Waals surface area contributed by atoms with Crippen molar-refractivity contribution < 1.29 is 32.0 Å². The second-order valence-electron chi connectivity index (χ2n) is 8.05. The van der Waals surface area contributed by atoms with Crippen molar-refractivity contribution in [2.24, 2.45) is 5.92 Å². The van der Waals surface area contributed by atoms with E-state index in [0.29, 0.717) is 41.7 Å². The Hall–Kier alpha value is -3.56. The Morgan fingerprint density at radius 1 is 1.09 bits per heavy atom. The minimum atomic E-state index is -4.45. The summed E-state index contributed by atoms with van der Waals surface area (Å²) in [6.07, 6.45) is -4.15. The Kier molecular flexibility index (Phi) is 6.26. The maximum Gasteiger partial charge on any atom is 0.416 e. The van der Waals surface area contributed by atoms with Crippen LogP contribution >= 0.6 is 0 Å². The molecular formula is C23H22F3N3O4. The van der Waals surface area contributed by atoms with Gasteiger partial charge in [-0.05, 0) is 48.4 Å². The molecule has 1 aliphatic heterocycles. The number of aromatic nitrogens is 2. The van der Waals surface area contributed by atoms with E-state index in [-0.39, 0.29) is 30.7 Å². The molecule has 1 amide bonds. The van der Waals surface area contributed by atoms with Gasteiger partial charge in [-0.2, -0.15) is 18.2 Å². The van der Waals surface area contributed by atoms with Crippen LogP contribution in [0.15, 0.2) is 47.0 Å². The molecule has 1 aliphatic rings. The molecule has 2 heterocycles. The molecule has 174 valence electrons. The first-order valence-electron chi connectivity index (χ1n) is 10.4. The summed E-state index contributed by atoms with van der Waals surface area (Å²) in [5.74, 6) is 1.78. The summed E-state index contributed by atoms with van der Waals surface area (Å²) in [6.45, 7) is 4.79. The highest BCUT2D eigenvalue weighted by atomic mass is 19.4. The van der Waals surface area contributed by atoms with Gasteiger partial charge in [-0.3, -0.25) is 4.79 Å². The number of halogens is 3. The number of alkyl halides is 3. The summed E-state index contributed by atoms with van der Waals surface area (Å²) in [4.78, 5) is 18.9. The molecule has 1 aromatic heterocycles. The zero-order valence-electron chi connectivity index (χ0n) is 18.1. The average Bonchev–Trinajstić information content (AvgIpc) is 3.44. The average molecular weight is 461 g/mol. The van der Waals surface area contributed by atoms with Crippen LogP contribution in [0, 0.1) is 5.92 Å². The van der Waals surface area contributed by atoms with Gasteiger partial charge in [0.25, 0.3) is 5.91 Å². The lowest BCUT2D eigenvalue weighted by atomic mass is 10.1. The third kappa shape index (κ3) is 5.27. The Morgan fingerprint density at radius 3 is 2.52 bits per heavy atom. The second kappa shape index (κ2) is 9.13. The van der Waals surface area contributed by atoms with Crippen LogP contribution in [0.4, 0.5) is 13.2 Å². The number of hydrogen-bond acceptors (Lipinski definition) is 6. The van der Waals surface area contributed by atoms with Gasteiger partial charge in [0, 0.05) is 30.6 Å². The van der Waals surface area contributed by atoms with Gasteiger partial charge >= 0.3 is 6.18 Å². The van der Waals surface area contributed by atoms with Crippen molar-refractivity contribution in [3.05, 3.63) is 59.5 Å². The number of ether oxygens (including phenoxy) is 2. The Bertz CT molecular complexity index is 1130. The molecule has 0 fully saturated rings. The van der Waals surface area contributed by atoms with E-state index < -0.39 is 11.7 Å². The second-order valence-corrected chi connectivity index (χ2v) is 8.05. The van der Waals surface area contributed by atoms with E-state index in [9.17, 15) is 18.0 Å². The predicted octanol–water partition coefficient (Wildman–Crippen LogP) is 4.83. The number of fused-ring (bicyclic) bond motifs is 1. The Balaban J connectivity index is 1.44. The highest BCUT2D eigenvalue weighted by molar-refractivity contribution is 5.94. The van der Waals surface area contributed by atoms with Gasteiger partial charge in [0.1, 0.15) is 0 Å². The zero-order valence-corrected chi connectivity index (χ0v) is 18.1. The van der Waals surface area contributed by atoms with Crippen LogP contribution in [0.1, 0.15) is 35.7 Å². The molecule has 0 radical (unpaired) electrons. The smallest absolute Gasteiger partial charge is 0.416 e.